The highest BCUT2D eigenvalue weighted by Gasteiger charge is 2.23. The van der Waals surface area contributed by atoms with Crippen LogP contribution in [0.4, 0.5) is 5.13 Å². The largest absolute Gasteiger partial charge is 0.493 e. The lowest BCUT2D eigenvalue weighted by Crippen LogP contribution is -2.20. The Balaban J connectivity index is 1.63. The molecule has 2 heterocycles. The topological polar surface area (TPSA) is 93.5 Å². The Hall–Kier alpha value is -3.13. The number of carbonyl (C=O) groups excluding carboxylic acids is 2. The van der Waals surface area contributed by atoms with Crippen LogP contribution in [0.15, 0.2) is 21.9 Å². The SMILES string of the molecule is CCOc1c(/C(C)=C/C(=O)Nc2nc(CC(=O)NC)cs2)cc2c3c(oc2c1C)CCCC3. The van der Waals surface area contributed by atoms with Gasteiger partial charge < -0.3 is 14.5 Å². The number of amides is 2. The second kappa shape index (κ2) is 9.79. The van der Waals surface area contributed by atoms with Crippen LogP contribution in [-0.2, 0) is 28.9 Å². The Morgan fingerprint density at radius 3 is 2.85 bits per heavy atom. The maximum Gasteiger partial charge on any atom is 0.250 e. The minimum absolute atomic E-state index is 0.121. The van der Waals surface area contributed by atoms with Crippen molar-refractivity contribution in [2.75, 3.05) is 19.0 Å². The van der Waals surface area contributed by atoms with Gasteiger partial charge in [0.2, 0.25) is 11.8 Å². The molecule has 0 radical (unpaired) electrons. The molecule has 0 spiro atoms. The number of aromatic nitrogens is 1. The Labute approximate surface area is 197 Å². The van der Waals surface area contributed by atoms with E-state index in [-0.39, 0.29) is 18.2 Å². The number of aryl methyl sites for hydroxylation is 3. The van der Waals surface area contributed by atoms with E-state index in [1.807, 2.05) is 20.8 Å². The van der Waals surface area contributed by atoms with E-state index < -0.39 is 0 Å². The summed E-state index contributed by atoms with van der Waals surface area (Å²) in [5.41, 5.74) is 5.45. The van der Waals surface area contributed by atoms with Gasteiger partial charge in [-0.2, -0.15) is 0 Å². The number of allylic oxidation sites excluding steroid dienone is 1. The molecule has 2 amide bonds. The summed E-state index contributed by atoms with van der Waals surface area (Å²) < 4.78 is 12.2. The summed E-state index contributed by atoms with van der Waals surface area (Å²) in [6, 6.07) is 2.10. The lowest BCUT2D eigenvalue weighted by atomic mass is 9.93. The van der Waals surface area contributed by atoms with E-state index in [0.29, 0.717) is 17.4 Å². The molecule has 0 unspecified atom stereocenters. The standard InChI is InChI=1S/C25H29N3O4S/c1-5-31-23-15(3)24-19(17-8-6-7-9-20(17)32-24)12-18(23)14(2)10-22(30)28-25-27-16(13-33-25)11-21(29)26-4/h10,12-13H,5-9,11H2,1-4H3,(H,26,29)(H,27,28,30)/b14-10+. The van der Waals surface area contributed by atoms with E-state index in [4.69, 9.17) is 9.15 Å². The zero-order valence-corrected chi connectivity index (χ0v) is 20.3. The summed E-state index contributed by atoms with van der Waals surface area (Å²) >= 11 is 1.30. The van der Waals surface area contributed by atoms with E-state index >= 15 is 0 Å². The van der Waals surface area contributed by atoms with Gasteiger partial charge in [0, 0.05) is 47.0 Å². The third kappa shape index (κ3) is 4.80. The smallest absolute Gasteiger partial charge is 0.250 e. The van der Waals surface area contributed by atoms with Crippen molar-refractivity contribution in [2.45, 2.75) is 52.9 Å². The Morgan fingerprint density at radius 2 is 2.09 bits per heavy atom. The van der Waals surface area contributed by atoms with Crippen molar-refractivity contribution in [3.8, 4) is 5.75 Å². The molecule has 0 aliphatic heterocycles. The molecule has 4 rings (SSSR count). The monoisotopic (exact) mass is 467 g/mol. The van der Waals surface area contributed by atoms with Gasteiger partial charge in [0.25, 0.3) is 0 Å². The lowest BCUT2D eigenvalue weighted by molar-refractivity contribution is -0.120. The maximum absolute atomic E-state index is 12.7. The van der Waals surface area contributed by atoms with E-state index in [0.717, 1.165) is 64.9 Å². The Morgan fingerprint density at radius 1 is 1.30 bits per heavy atom. The van der Waals surface area contributed by atoms with Crippen LogP contribution in [0, 0.1) is 6.92 Å². The van der Waals surface area contributed by atoms with Crippen LogP contribution in [0.3, 0.4) is 0 Å². The fourth-order valence-electron chi connectivity index (χ4n) is 4.27. The molecule has 1 aromatic carbocycles. The zero-order valence-electron chi connectivity index (χ0n) is 19.5. The predicted molar refractivity (Wildman–Crippen MR) is 131 cm³/mol. The van der Waals surface area contributed by atoms with Crippen LogP contribution in [0.25, 0.3) is 16.5 Å². The van der Waals surface area contributed by atoms with Crippen molar-refractivity contribution < 1.29 is 18.7 Å². The second-order valence-corrected chi connectivity index (χ2v) is 9.07. The second-order valence-electron chi connectivity index (χ2n) is 8.21. The van der Waals surface area contributed by atoms with Gasteiger partial charge in [0.1, 0.15) is 17.1 Å². The molecule has 33 heavy (non-hydrogen) atoms. The van der Waals surface area contributed by atoms with Crippen LogP contribution < -0.4 is 15.4 Å². The van der Waals surface area contributed by atoms with Crippen molar-refractivity contribution in [3.63, 3.8) is 0 Å². The molecule has 0 atom stereocenters. The minimum Gasteiger partial charge on any atom is -0.493 e. The maximum atomic E-state index is 12.7. The first-order valence-electron chi connectivity index (χ1n) is 11.3. The predicted octanol–water partition coefficient (Wildman–Crippen LogP) is 4.81. The van der Waals surface area contributed by atoms with Gasteiger partial charge in [-0.25, -0.2) is 4.98 Å². The van der Waals surface area contributed by atoms with E-state index in [2.05, 4.69) is 21.7 Å². The molecule has 0 saturated carbocycles. The number of anilines is 1. The molecular formula is C25H29N3O4S. The molecule has 1 aliphatic rings. The first kappa shape index (κ1) is 23.0. The molecule has 8 heteroatoms. The summed E-state index contributed by atoms with van der Waals surface area (Å²) in [5.74, 6) is 1.43. The van der Waals surface area contributed by atoms with Gasteiger partial charge >= 0.3 is 0 Å². The molecule has 0 saturated heterocycles. The van der Waals surface area contributed by atoms with Gasteiger partial charge in [-0.1, -0.05) is 0 Å². The number of rotatable bonds is 7. The average Bonchev–Trinajstić information content (AvgIpc) is 3.39. The van der Waals surface area contributed by atoms with Crippen LogP contribution in [0.1, 0.15) is 54.8 Å². The Kier molecular flexibility index (Phi) is 6.83. The van der Waals surface area contributed by atoms with Crippen molar-refractivity contribution in [1.82, 2.24) is 10.3 Å². The summed E-state index contributed by atoms with van der Waals surface area (Å²) in [6.45, 7) is 6.40. The molecule has 0 bridgehead atoms. The molecule has 2 aromatic heterocycles. The van der Waals surface area contributed by atoms with E-state index in [1.54, 1.807) is 18.5 Å². The highest BCUT2D eigenvalue weighted by molar-refractivity contribution is 7.14. The van der Waals surface area contributed by atoms with E-state index in [9.17, 15) is 9.59 Å². The average molecular weight is 468 g/mol. The number of hydrogen-bond acceptors (Lipinski definition) is 6. The number of nitrogens with one attached hydrogen (secondary N) is 2. The molecule has 7 nitrogen and oxygen atoms in total. The van der Waals surface area contributed by atoms with Crippen molar-refractivity contribution in [2.24, 2.45) is 0 Å². The van der Waals surface area contributed by atoms with Crippen molar-refractivity contribution in [1.29, 1.82) is 0 Å². The van der Waals surface area contributed by atoms with Crippen LogP contribution in [-0.4, -0.2) is 30.5 Å². The summed E-state index contributed by atoms with van der Waals surface area (Å²) in [7, 11) is 1.58. The Bertz CT molecular complexity index is 1240. The van der Waals surface area contributed by atoms with Gasteiger partial charge in [0.05, 0.1) is 18.7 Å². The molecule has 3 aromatic rings. The number of hydrogen-bond donors (Lipinski definition) is 2. The fraction of sp³-hybridized carbons (Fsp3) is 0.400. The molecule has 1 aliphatic carbocycles. The number of carbonyl (C=O) groups is 2. The highest BCUT2D eigenvalue weighted by Crippen LogP contribution is 2.41. The zero-order chi connectivity index (χ0) is 23.5. The number of furan rings is 1. The number of ether oxygens (including phenoxy) is 1. The van der Waals surface area contributed by atoms with Crippen LogP contribution in [0.5, 0.6) is 5.75 Å². The fourth-order valence-corrected chi connectivity index (χ4v) is 4.99. The molecule has 174 valence electrons. The van der Waals surface area contributed by atoms with Gasteiger partial charge in [-0.3, -0.25) is 14.9 Å². The number of nitrogens with zero attached hydrogens (tertiary/aromatic N) is 1. The number of thiazole rings is 1. The quantitative estimate of drug-likeness (QED) is 0.487. The van der Waals surface area contributed by atoms with Gasteiger partial charge in [-0.05, 0) is 51.7 Å². The van der Waals surface area contributed by atoms with Gasteiger partial charge in [-0.15, -0.1) is 11.3 Å². The normalized spacial score (nSPS) is 13.6. The van der Waals surface area contributed by atoms with E-state index in [1.165, 1.54) is 16.9 Å². The first-order valence-corrected chi connectivity index (χ1v) is 12.1. The van der Waals surface area contributed by atoms with Gasteiger partial charge in [0.15, 0.2) is 5.13 Å². The van der Waals surface area contributed by atoms with Crippen molar-refractivity contribution >= 4 is 44.8 Å². The number of benzene rings is 1. The highest BCUT2D eigenvalue weighted by atomic mass is 32.1. The van der Waals surface area contributed by atoms with Crippen LogP contribution in [0.2, 0.25) is 0 Å². The first-order chi connectivity index (χ1) is 15.9. The summed E-state index contributed by atoms with van der Waals surface area (Å²) in [5, 5.41) is 8.72. The summed E-state index contributed by atoms with van der Waals surface area (Å²) in [4.78, 5) is 28.6. The van der Waals surface area contributed by atoms with Crippen molar-refractivity contribution in [3.05, 3.63) is 45.7 Å². The molecule has 0 fully saturated rings. The molecule has 2 N–H and O–H groups in total. The third-order valence-corrected chi connectivity index (χ3v) is 6.70. The third-order valence-electron chi connectivity index (χ3n) is 5.89. The van der Waals surface area contributed by atoms with Crippen LogP contribution >= 0.6 is 11.3 Å². The minimum atomic E-state index is -0.275. The number of likely N-dealkylation sites (N-methyl/N-ethyl adjacent to an activating group) is 1. The lowest BCUT2D eigenvalue weighted by Gasteiger charge is -2.15. The summed E-state index contributed by atoms with van der Waals surface area (Å²) in [6.07, 6.45) is 6.05. The molecular weight excluding hydrogens is 438 g/mol. The number of fused-ring (bicyclic) bond motifs is 3.